The predicted molar refractivity (Wildman–Crippen MR) is 67.2 cm³/mol. The van der Waals surface area contributed by atoms with Crippen LogP contribution in [0.4, 0.5) is 0 Å². The molecule has 0 aromatic heterocycles. The molecule has 0 aliphatic heterocycles. The fourth-order valence-electron chi connectivity index (χ4n) is 1.81. The van der Waals surface area contributed by atoms with Crippen molar-refractivity contribution in [3.8, 4) is 0 Å². The van der Waals surface area contributed by atoms with Gasteiger partial charge in [0, 0.05) is 13.2 Å². The number of rotatable bonds is 9. The van der Waals surface area contributed by atoms with Crippen LogP contribution >= 0.6 is 0 Å². The molecular formula is C11H27NO2Si. The Morgan fingerprint density at radius 2 is 1.60 bits per heavy atom. The normalized spacial score (nSPS) is 12.4. The first-order valence-corrected chi connectivity index (χ1v) is 8.21. The van der Waals surface area contributed by atoms with Crippen LogP contribution in [0.5, 0.6) is 0 Å². The molecule has 0 fully saturated rings. The number of hydrogen-bond donors (Lipinski definition) is 1. The lowest BCUT2D eigenvalue weighted by molar-refractivity contribution is 0.174. The van der Waals surface area contributed by atoms with Gasteiger partial charge in [-0.3, -0.25) is 0 Å². The molecule has 0 aliphatic carbocycles. The van der Waals surface area contributed by atoms with Gasteiger partial charge in [-0.2, -0.15) is 0 Å². The predicted octanol–water partition coefficient (Wildman–Crippen LogP) is 2.65. The van der Waals surface area contributed by atoms with Crippen LogP contribution in [-0.2, 0) is 8.85 Å². The maximum absolute atomic E-state index is 5.95. The van der Waals surface area contributed by atoms with Crippen LogP contribution < -0.4 is 5.73 Å². The van der Waals surface area contributed by atoms with E-state index in [-0.39, 0.29) is 0 Å². The lowest BCUT2D eigenvalue weighted by Crippen LogP contribution is -2.45. The van der Waals surface area contributed by atoms with Crippen molar-refractivity contribution in [2.75, 3.05) is 19.8 Å². The van der Waals surface area contributed by atoms with E-state index in [9.17, 15) is 0 Å². The van der Waals surface area contributed by atoms with Gasteiger partial charge >= 0.3 is 8.56 Å². The van der Waals surface area contributed by atoms with Gasteiger partial charge in [0.25, 0.3) is 0 Å². The van der Waals surface area contributed by atoms with Crippen LogP contribution in [0.15, 0.2) is 0 Å². The molecule has 2 N–H and O–H groups in total. The van der Waals surface area contributed by atoms with Gasteiger partial charge in [0.2, 0.25) is 0 Å². The zero-order valence-corrected chi connectivity index (χ0v) is 11.7. The first-order chi connectivity index (χ1) is 7.13. The molecule has 0 spiro atoms. The highest BCUT2D eigenvalue weighted by Crippen LogP contribution is 2.29. The Labute approximate surface area is 95.6 Å². The third-order valence-electron chi connectivity index (χ3n) is 2.64. The molecule has 0 amide bonds. The van der Waals surface area contributed by atoms with E-state index in [4.69, 9.17) is 14.6 Å². The van der Waals surface area contributed by atoms with Gasteiger partial charge in [-0.25, -0.2) is 0 Å². The van der Waals surface area contributed by atoms with E-state index in [0.29, 0.717) is 5.54 Å². The van der Waals surface area contributed by atoms with Crippen LogP contribution in [0.3, 0.4) is 0 Å². The van der Waals surface area contributed by atoms with Gasteiger partial charge < -0.3 is 14.6 Å². The van der Waals surface area contributed by atoms with Crippen molar-refractivity contribution in [2.45, 2.75) is 52.1 Å². The van der Waals surface area contributed by atoms with Gasteiger partial charge in [0.05, 0.1) is 0 Å². The summed E-state index contributed by atoms with van der Waals surface area (Å²) in [5.41, 5.74) is 6.03. The van der Waals surface area contributed by atoms with Crippen LogP contribution in [-0.4, -0.2) is 28.3 Å². The molecule has 4 heteroatoms. The van der Waals surface area contributed by atoms with Gasteiger partial charge in [-0.05, 0) is 38.4 Å². The number of hydrogen-bond acceptors (Lipinski definition) is 3. The molecule has 0 saturated heterocycles. The second kappa shape index (κ2) is 8.27. The lowest BCUT2D eigenvalue weighted by atomic mass is 10.3. The highest BCUT2D eigenvalue weighted by atomic mass is 28.4. The van der Waals surface area contributed by atoms with Gasteiger partial charge in [-0.1, -0.05) is 20.3 Å². The van der Waals surface area contributed by atoms with Crippen LogP contribution in [0.1, 0.15) is 40.5 Å². The van der Waals surface area contributed by atoms with Crippen molar-refractivity contribution in [3.63, 3.8) is 0 Å². The van der Waals surface area contributed by atoms with Crippen LogP contribution in [0.25, 0.3) is 0 Å². The summed E-state index contributed by atoms with van der Waals surface area (Å²) in [7, 11) is -1.97. The third kappa shape index (κ3) is 5.11. The first-order valence-electron chi connectivity index (χ1n) is 6.10. The maximum atomic E-state index is 5.95. The molecule has 0 bridgehead atoms. The Morgan fingerprint density at radius 1 is 1.07 bits per heavy atom. The van der Waals surface area contributed by atoms with E-state index < -0.39 is 8.56 Å². The minimum absolute atomic E-state index is 0.509. The summed E-state index contributed by atoms with van der Waals surface area (Å²) in [6.07, 6.45) is 2.20. The second-order valence-electron chi connectivity index (χ2n) is 4.08. The summed E-state index contributed by atoms with van der Waals surface area (Å²) in [5.74, 6) is 0. The molecular weight excluding hydrogens is 206 g/mol. The molecule has 0 rings (SSSR count). The summed E-state index contributed by atoms with van der Waals surface area (Å²) in [6.45, 7) is 10.8. The van der Waals surface area contributed by atoms with E-state index in [1.165, 1.54) is 0 Å². The van der Waals surface area contributed by atoms with Gasteiger partial charge in [-0.15, -0.1) is 0 Å². The van der Waals surface area contributed by atoms with E-state index in [1.807, 2.05) is 13.8 Å². The molecule has 0 atom stereocenters. The van der Waals surface area contributed by atoms with Crippen molar-refractivity contribution in [3.05, 3.63) is 0 Å². The smallest absolute Gasteiger partial charge is 0.340 e. The first kappa shape index (κ1) is 15.1. The summed E-state index contributed by atoms with van der Waals surface area (Å²) in [4.78, 5) is 0. The molecule has 0 heterocycles. The van der Waals surface area contributed by atoms with Crippen molar-refractivity contribution in [1.29, 1.82) is 0 Å². The highest BCUT2D eigenvalue weighted by Gasteiger charge is 2.39. The van der Waals surface area contributed by atoms with E-state index in [0.717, 1.165) is 38.6 Å². The maximum Gasteiger partial charge on any atom is 0.340 e. The SMILES string of the molecule is CCO[Si](CCCCN)(OCC)C(C)C. The summed E-state index contributed by atoms with van der Waals surface area (Å²) in [6, 6.07) is 1.07. The standard InChI is InChI=1S/C11H27NO2Si/c1-5-13-15(11(3)4,14-6-2)10-8-7-9-12/h11H,5-10,12H2,1-4H3. The van der Waals surface area contributed by atoms with Crippen molar-refractivity contribution in [1.82, 2.24) is 0 Å². The third-order valence-corrected chi connectivity index (χ3v) is 7.00. The summed E-state index contributed by atoms with van der Waals surface area (Å²) < 4.78 is 11.9. The number of nitrogens with two attached hydrogens (primary N) is 1. The lowest BCUT2D eigenvalue weighted by Gasteiger charge is -2.33. The summed E-state index contributed by atoms with van der Waals surface area (Å²) in [5, 5.41) is 0. The van der Waals surface area contributed by atoms with Crippen LogP contribution in [0, 0.1) is 0 Å². The Balaban J connectivity index is 4.33. The Bertz CT molecular complexity index is 148. The molecule has 3 nitrogen and oxygen atoms in total. The second-order valence-corrected chi connectivity index (χ2v) is 7.93. The average Bonchev–Trinajstić information content (AvgIpc) is 2.18. The Hall–Kier alpha value is 0.0969. The monoisotopic (exact) mass is 233 g/mol. The fraction of sp³-hybridized carbons (Fsp3) is 1.00. The van der Waals surface area contributed by atoms with E-state index in [2.05, 4.69) is 13.8 Å². The number of unbranched alkanes of at least 4 members (excludes halogenated alkanes) is 1. The zero-order valence-electron chi connectivity index (χ0n) is 10.7. The molecule has 0 aromatic carbocycles. The van der Waals surface area contributed by atoms with E-state index in [1.54, 1.807) is 0 Å². The Kier molecular flexibility index (Phi) is 8.33. The highest BCUT2D eigenvalue weighted by molar-refractivity contribution is 6.68. The fourth-order valence-corrected chi connectivity index (χ4v) is 5.15. The van der Waals surface area contributed by atoms with Crippen molar-refractivity contribution < 1.29 is 8.85 Å². The summed E-state index contributed by atoms with van der Waals surface area (Å²) >= 11 is 0. The molecule has 92 valence electrons. The molecule has 15 heavy (non-hydrogen) atoms. The minimum atomic E-state index is -1.97. The molecule has 0 aliphatic rings. The zero-order chi connectivity index (χ0) is 11.7. The quantitative estimate of drug-likeness (QED) is 0.492. The van der Waals surface area contributed by atoms with Gasteiger partial charge in [0.1, 0.15) is 0 Å². The topological polar surface area (TPSA) is 44.5 Å². The molecule has 0 radical (unpaired) electrons. The van der Waals surface area contributed by atoms with Crippen molar-refractivity contribution >= 4 is 8.56 Å². The Morgan fingerprint density at radius 3 is 1.93 bits per heavy atom. The molecule has 0 aromatic rings. The van der Waals surface area contributed by atoms with Crippen molar-refractivity contribution in [2.24, 2.45) is 5.73 Å². The van der Waals surface area contributed by atoms with Crippen LogP contribution in [0.2, 0.25) is 11.6 Å². The molecule has 0 saturated carbocycles. The van der Waals surface area contributed by atoms with Gasteiger partial charge in [0.15, 0.2) is 0 Å². The average molecular weight is 233 g/mol. The largest absolute Gasteiger partial charge is 0.394 e. The van der Waals surface area contributed by atoms with E-state index >= 15 is 0 Å². The minimum Gasteiger partial charge on any atom is -0.394 e. The molecule has 0 unspecified atom stereocenters.